The number of hydrazine groups is 2. The number of rotatable bonds is 3. The molecule has 8 heteroatoms. The number of nitrogens with zero attached hydrogens (tertiary/aromatic N) is 2. The van der Waals surface area contributed by atoms with E-state index in [4.69, 9.17) is 11.6 Å². The molecule has 0 spiro atoms. The largest absolute Gasteiger partial charge is 0.338 e. The Morgan fingerprint density at radius 2 is 1.25 bits per heavy atom. The van der Waals surface area contributed by atoms with Gasteiger partial charge in [0.15, 0.2) is 0 Å². The SMILES string of the molecule is O=C(c1cccc(-c2ccc(Cl)cc2)c1)N1CC2C(C1)[C@@H]1CN(C(=O)c3ccc4c(c3)NNN4)C[C@H]21. The number of benzene rings is 3. The Kier molecular flexibility index (Phi) is 4.98. The van der Waals surface area contributed by atoms with E-state index < -0.39 is 0 Å². The maximum absolute atomic E-state index is 13.4. The fourth-order valence-corrected chi connectivity index (χ4v) is 6.73. The number of nitrogens with one attached hydrogen (secondary N) is 3. The zero-order valence-electron chi connectivity index (χ0n) is 19.6. The van der Waals surface area contributed by atoms with Gasteiger partial charge in [0, 0.05) is 42.3 Å². The number of carbonyl (C=O) groups is 2. The Bertz CT molecular complexity index is 1360. The summed E-state index contributed by atoms with van der Waals surface area (Å²) in [5.41, 5.74) is 14.2. The molecule has 36 heavy (non-hydrogen) atoms. The number of fused-ring (bicyclic) bond motifs is 5. The van der Waals surface area contributed by atoms with Crippen LogP contribution in [-0.2, 0) is 0 Å². The van der Waals surface area contributed by atoms with Crippen molar-refractivity contribution in [1.82, 2.24) is 15.3 Å². The van der Waals surface area contributed by atoms with Crippen LogP contribution in [0.5, 0.6) is 0 Å². The lowest BCUT2D eigenvalue weighted by atomic mass is 9.60. The van der Waals surface area contributed by atoms with E-state index in [1.807, 2.05) is 76.5 Å². The third-order valence-electron chi connectivity index (χ3n) is 8.45. The number of anilines is 2. The number of amides is 2. The molecule has 2 unspecified atom stereocenters. The van der Waals surface area contributed by atoms with Gasteiger partial charge in [-0.25, -0.2) is 0 Å². The van der Waals surface area contributed by atoms with Crippen molar-refractivity contribution in [1.29, 1.82) is 0 Å². The van der Waals surface area contributed by atoms with Crippen LogP contribution in [0.25, 0.3) is 11.1 Å². The average molecular weight is 500 g/mol. The van der Waals surface area contributed by atoms with Crippen LogP contribution in [0.1, 0.15) is 20.7 Å². The third kappa shape index (κ3) is 3.45. The van der Waals surface area contributed by atoms with E-state index in [1.165, 1.54) is 0 Å². The minimum Gasteiger partial charge on any atom is -0.338 e. The summed E-state index contributed by atoms with van der Waals surface area (Å²) in [5, 5.41) is 0.697. The maximum atomic E-state index is 13.4. The molecule has 3 heterocycles. The number of hydrogen-bond donors (Lipinski definition) is 3. The monoisotopic (exact) mass is 499 g/mol. The van der Waals surface area contributed by atoms with Crippen LogP contribution in [0.2, 0.25) is 5.02 Å². The molecule has 4 aliphatic rings. The molecule has 1 aliphatic carbocycles. The van der Waals surface area contributed by atoms with Crippen molar-refractivity contribution in [2.75, 3.05) is 37.0 Å². The zero-order valence-corrected chi connectivity index (χ0v) is 20.3. The van der Waals surface area contributed by atoms with Crippen LogP contribution in [0.3, 0.4) is 0 Å². The second kappa shape index (κ2) is 8.25. The molecule has 7 nitrogen and oxygen atoms in total. The molecule has 3 aromatic carbocycles. The molecule has 0 aromatic heterocycles. The van der Waals surface area contributed by atoms with Gasteiger partial charge in [-0.3, -0.25) is 9.59 Å². The van der Waals surface area contributed by atoms with Gasteiger partial charge in [0.2, 0.25) is 0 Å². The highest BCUT2D eigenvalue weighted by Crippen LogP contribution is 2.54. The summed E-state index contributed by atoms with van der Waals surface area (Å²) in [6.07, 6.45) is 0. The smallest absolute Gasteiger partial charge is 0.253 e. The van der Waals surface area contributed by atoms with E-state index in [2.05, 4.69) is 16.4 Å². The standard InChI is InChI=1S/C28H26ClN5O2/c29-20-7-4-16(5-8-20)17-2-1-3-18(10-17)27(35)33-12-21-22(13-33)24-15-34(14-23(21)24)28(36)19-6-9-25-26(11-19)31-32-30-25/h1-11,21-24,30-32H,12-15H2/t21?,22?,23-,24+. The van der Waals surface area contributed by atoms with Crippen LogP contribution in [0, 0.1) is 23.7 Å². The Labute approximate surface area is 214 Å². The van der Waals surface area contributed by atoms with E-state index in [1.54, 1.807) is 0 Å². The highest BCUT2D eigenvalue weighted by atomic mass is 35.5. The topological polar surface area (TPSA) is 76.7 Å². The summed E-state index contributed by atoms with van der Waals surface area (Å²) >= 11 is 6.03. The molecule has 2 amide bonds. The summed E-state index contributed by atoms with van der Waals surface area (Å²) < 4.78 is 0. The summed E-state index contributed by atoms with van der Waals surface area (Å²) in [4.78, 5) is 30.6. The van der Waals surface area contributed by atoms with Gasteiger partial charge in [-0.05, 0) is 77.3 Å². The Morgan fingerprint density at radius 3 is 1.89 bits per heavy atom. The average Bonchev–Trinajstić information content (AvgIpc) is 3.62. The molecule has 182 valence electrons. The van der Waals surface area contributed by atoms with Crippen molar-refractivity contribution in [2.45, 2.75) is 0 Å². The van der Waals surface area contributed by atoms with Crippen LogP contribution < -0.4 is 16.4 Å². The lowest BCUT2D eigenvalue weighted by molar-refractivity contribution is 0.0629. The van der Waals surface area contributed by atoms with Gasteiger partial charge in [0.25, 0.3) is 11.8 Å². The van der Waals surface area contributed by atoms with Crippen LogP contribution in [0.15, 0.2) is 66.7 Å². The first kappa shape index (κ1) is 21.7. The zero-order chi connectivity index (χ0) is 24.4. The molecule has 2 saturated heterocycles. The molecule has 3 aliphatic heterocycles. The number of carbonyl (C=O) groups excluding carboxylic acids is 2. The lowest BCUT2D eigenvalue weighted by Gasteiger charge is -2.42. The first-order chi connectivity index (χ1) is 17.5. The van der Waals surface area contributed by atoms with E-state index >= 15 is 0 Å². The third-order valence-corrected chi connectivity index (χ3v) is 8.70. The maximum Gasteiger partial charge on any atom is 0.253 e. The molecule has 0 radical (unpaired) electrons. The lowest BCUT2D eigenvalue weighted by Crippen LogP contribution is -2.44. The van der Waals surface area contributed by atoms with Crippen LogP contribution >= 0.6 is 11.6 Å². The van der Waals surface area contributed by atoms with Gasteiger partial charge in [0.1, 0.15) is 0 Å². The normalized spacial score (nSPS) is 25.4. The predicted molar refractivity (Wildman–Crippen MR) is 139 cm³/mol. The molecule has 4 atom stereocenters. The summed E-state index contributed by atoms with van der Waals surface area (Å²) in [5.74, 6) is 2.10. The van der Waals surface area contributed by atoms with E-state index in [-0.39, 0.29) is 11.8 Å². The molecule has 7 rings (SSSR count). The molecule has 1 saturated carbocycles. The van der Waals surface area contributed by atoms with Crippen molar-refractivity contribution in [2.24, 2.45) is 23.7 Å². The fourth-order valence-electron chi connectivity index (χ4n) is 6.60. The predicted octanol–water partition coefficient (Wildman–Crippen LogP) is 4.35. The second-order valence-electron chi connectivity index (χ2n) is 10.3. The van der Waals surface area contributed by atoms with Gasteiger partial charge in [0.05, 0.1) is 11.4 Å². The fraction of sp³-hybridized carbons (Fsp3) is 0.286. The van der Waals surface area contributed by atoms with Crippen molar-refractivity contribution >= 4 is 34.8 Å². The highest BCUT2D eigenvalue weighted by molar-refractivity contribution is 6.30. The number of halogens is 1. The van der Waals surface area contributed by atoms with Crippen molar-refractivity contribution in [3.63, 3.8) is 0 Å². The van der Waals surface area contributed by atoms with Crippen molar-refractivity contribution in [3.8, 4) is 11.1 Å². The number of likely N-dealkylation sites (tertiary alicyclic amines) is 2. The highest BCUT2D eigenvalue weighted by Gasteiger charge is 2.59. The van der Waals surface area contributed by atoms with Crippen LogP contribution in [-0.4, -0.2) is 47.8 Å². The van der Waals surface area contributed by atoms with Crippen molar-refractivity contribution in [3.05, 3.63) is 82.9 Å². The summed E-state index contributed by atoms with van der Waals surface area (Å²) in [6.45, 7) is 3.11. The molecule has 3 fully saturated rings. The minimum atomic E-state index is 0.0888. The molecular weight excluding hydrogens is 474 g/mol. The molecule has 3 N–H and O–H groups in total. The van der Waals surface area contributed by atoms with Crippen molar-refractivity contribution < 1.29 is 9.59 Å². The molecule has 0 bridgehead atoms. The number of hydrogen-bond acceptors (Lipinski definition) is 5. The second-order valence-corrected chi connectivity index (χ2v) is 10.7. The van der Waals surface area contributed by atoms with Gasteiger partial charge < -0.3 is 20.7 Å². The van der Waals surface area contributed by atoms with E-state index in [0.29, 0.717) is 34.3 Å². The van der Waals surface area contributed by atoms with Gasteiger partial charge in [-0.15, -0.1) is 5.53 Å². The quantitative estimate of drug-likeness (QED) is 0.499. The van der Waals surface area contributed by atoms with Crippen LogP contribution in [0.4, 0.5) is 11.4 Å². The Balaban J connectivity index is 1.02. The van der Waals surface area contributed by atoms with Gasteiger partial charge >= 0.3 is 0 Å². The summed E-state index contributed by atoms with van der Waals surface area (Å²) in [6, 6.07) is 21.2. The van der Waals surface area contributed by atoms with Gasteiger partial charge in [-0.1, -0.05) is 35.9 Å². The summed E-state index contributed by atoms with van der Waals surface area (Å²) in [7, 11) is 0. The first-order valence-corrected chi connectivity index (χ1v) is 12.8. The molecular formula is C28H26ClN5O2. The molecule has 3 aromatic rings. The minimum absolute atomic E-state index is 0.0888. The Morgan fingerprint density at radius 1 is 0.667 bits per heavy atom. The Hall–Kier alpha value is -3.55. The van der Waals surface area contributed by atoms with E-state index in [0.717, 1.165) is 54.2 Å². The van der Waals surface area contributed by atoms with Gasteiger partial charge in [-0.2, -0.15) is 0 Å². The van der Waals surface area contributed by atoms with E-state index in [9.17, 15) is 9.59 Å². The first-order valence-electron chi connectivity index (χ1n) is 12.4.